The summed E-state index contributed by atoms with van der Waals surface area (Å²) in [6.07, 6.45) is 0.744. The number of phenols is 1. The van der Waals surface area contributed by atoms with Crippen LogP contribution in [0.2, 0.25) is 5.02 Å². The van der Waals surface area contributed by atoms with Crippen LogP contribution in [0, 0.1) is 0 Å². The lowest BCUT2D eigenvalue weighted by atomic mass is 10.2. The highest BCUT2D eigenvalue weighted by molar-refractivity contribution is 6.31. The van der Waals surface area contributed by atoms with Gasteiger partial charge in [-0.3, -0.25) is 0 Å². The predicted molar refractivity (Wildman–Crippen MR) is 105 cm³/mol. The summed E-state index contributed by atoms with van der Waals surface area (Å²) in [7, 11) is 4.04. The molecule has 0 aliphatic rings. The molecule has 25 heavy (non-hydrogen) atoms. The minimum absolute atomic E-state index is 0. The SMILES string of the molecule is CN(C)CCc1nc(Nc2cc(Cl)ccc2O)c2ccccc2n1.Cl. The summed E-state index contributed by atoms with van der Waals surface area (Å²) in [6.45, 7) is 0.861. The minimum atomic E-state index is 0. The Kier molecular flexibility index (Phi) is 6.42. The zero-order chi connectivity index (χ0) is 17.1. The Morgan fingerprint density at radius 2 is 1.88 bits per heavy atom. The highest BCUT2D eigenvalue weighted by Gasteiger charge is 2.10. The molecule has 0 spiro atoms. The van der Waals surface area contributed by atoms with Gasteiger partial charge in [-0.2, -0.15) is 0 Å². The average Bonchev–Trinajstić information content (AvgIpc) is 2.56. The first-order chi connectivity index (χ1) is 11.5. The van der Waals surface area contributed by atoms with E-state index in [0.29, 0.717) is 16.5 Å². The van der Waals surface area contributed by atoms with Crippen molar-refractivity contribution in [1.29, 1.82) is 0 Å². The molecule has 2 N–H and O–H groups in total. The number of para-hydroxylation sites is 1. The monoisotopic (exact) mass is 378 g/mol. The number of halogens is 2. The number of rotatable bonds is 5. The standard InChI is InChI=1S/C18H19ClN4O.ClH/c1-23(2)10-9-17-20-14-6-4-3-5-13(14)18(22-17)21-15-11-12(19)7-8-16(15)24;/h3-8,11,24H,9-10H2,1-2H3,(H,20,21,22);1H. The van der Waals surface area contributed by atoms with Gasteiger partial charge in [-0.15, -0.1) is 12.4 Å². The molecular formula is C18H20Cl2N4O. The van der Waals surface area contributed by atoms with E-state index in [-0.39, 0.29) is 18.2 Å². The second-order valence-corrected chi connectivity index (χ2v) is 6.28. The van der Waals surface area contributed by atoms with Crippen LogP contribution in [0.1, 0.15) is 5.82 Å². The van der Waals surface area contributed by atoms with Crippen LogP contribution in [-0.2, 0) is 6.42 Å². The van der Waals surface area contributed by atoms with Crippen molar-refractivity contribution in [3.05, 3.63) is 53.3 Å². The third-order valence-electron chi connectivity index (χ3n) is 3.64. The van der Waals surface area contributed by atoms with Crippen LogP contribution in [0.25, 0.3) is 10.9 Å². The van der Waals surface area contributed by atoms with Gasteiger partial charge in [0.2, 0.25) is 0 Å². The second-order valence-electron chi connectivity index (χ2n) is 5.85. The number of hydrogen-bond acceptors (Lipinski definition) is 5. The van der Waals surface area contributed by atoms with E-state index in [1.165, 1.54) is 0 Å². The molecule has 0 saturated carbocycles. The van der Waals surface area contributed by atoms with Gasteiger partial charge in [0.05, 0.1) is 11.2 Å². The lowest BCUT2D eigenvalue weighted by molar-refractivity contribution is 0.410. The fraction of sp³-hybridized carbons (Fsp3) is 0.222. The van der Waals surface area contributed by atoms with E-state index in [1.54, 1.807) is 18.2 Å². The summed E-state index contributed by atoms with van der Waals surface area (Å²) in [4.78, 5) is 11.4. The average molecular weight is 379 g/mol. The first-order valence-corrected chi connectivity index (χ1v) is 8.06. The summed E-state index contributed by atoms with van der Waals surface area (Å²) < 4.78 is 0. The van der Waals surface area contributed by atoms with Gasteiger partial charge in [0.15, 0.2) is 0 Å². The maximum absolute atomic E-state index is 10.0. The number of nitrogens with zero attached hydrogens (tertiary/aromatic N) is 3. The van der Waals surface area contributed by atoms with Gasteiger partial charge in [0.25, 0.3) is 0 Å². The number of anilines is 2. The fourth-order valence-electron chi connectivity index (χ4n) is 2.39. The van der Waals surface area contributed by atoms with Gasteiger partial charge in [0.1, 0.15) is 17.4 Å². The molecule has 2 aromatic carbocycles. The number of hydrogen-bond donors (Lipinski definition) is 2. The number of aromatic nitrogens is 2. The van der Waals surface area contributed by atoms with Gasteiger partial charge in [0, 0.05) is 23.4 Å². The van der Waals surface area contributed by atoms with E-state index in [4.69, 9.17) is 11.6 Å². The van der Waals surface area contributed by atoms with Crippen molar-refractivity contribution in [2.75, 3.05) is 26.0 Å². The van der Waals surface area contributed by atoms with Crippen LogP contribution in [0.3, 0.4) is 0 Å². The maximum Gasteiger partial charge on any atom is 0.142 e. The molecule has 0 atom stereocenters. The van der Waals surface area contributed by atoms with Crippen molar-refractivity contribution in [3.8, 4) is 5.75 Å². The molecule has 0 unspecified atom stereocenters. The molecule has 1 aromatic heterocycles. The van der Waals surface area contributed by atoms with Crippen LogP contribution < -0.4 is 5.32 Å². The molecule has 0 saturated heterocycles. The third kappa shape index (κ3) is 4.72. The molecule has 0 fully saturated rings. The topological polar surface area (TPSA) is 61.3 Å². The van der Waals surface area contributed by atoms with Crippen molar-refractivity contribution in [3.63, 3.8) is 0 Å². The quantitative estimate of drug-likeness (QED) is 0.649. The molecule has 0 aliphatic carbocycles. The van der Waals surface area contributed by atoms with Crippen molar-refractivity contribution < 1.29 is 5.11 Å². The first kappa shape index (κ1) is 19.2. The highest BCUT2D eigenvalue weighted by Crippen LogP contribution is 2.31. The van der Waals surface area contributed by atoms with Crippen LogP contribution in [0.5, 0.6) is 5.75 Å². The number of aromatic hydroxyl groups is 1. The Balaban J connectivity index is 0.00000225. The second kappa shape index (κ2) is 8.34. The Morgan fingerprint density at radius 1 is 1.12 bits per heavy atom. The summed E-state index contributed by atoms with van der Waals surface area (Å²) in [5.74, 6) is 1.54. The smallest absolute Gasteiger partial charge is 0.142 e. The summed E-state index contributed by atoms with van der Waals surface area (Å²) in [6, 6.07) is 12.7. The molecule has 1 heterocycles. The van der Waals surface area contributed by atoms with Gasteiger partial charge in [-0.25, -0.2) is 9.97 Å². The van der Waals surface area contributed by atoms with E-state index >= 15 is 0 Å². The van der Waals surface area contributed by atoms with E-state index in [2.05, 4.69) is 20.2 Å². The van der Waals surface area contributed by atoms with Crippen LogP contribution in [0.15, 0.2) is 42.5 Å². The molecule has 5 nitrogen and oxygen atoms in total. The highest BCUT2D eigenvalue weighted by atomic mass is 35.5. The first-order valence-electron chi connectivity index (χ1n) is 7.69. The minimum Gasteiger partial charge on any atom is -0.506 e. The molecule has 0 radical (unpaired) electrons. The molecule has 0 aliphatic heterocycles. The summed E-state index contributed by atoms with van der Waals surface area (Å²) >= 11 is 6.03. The molecule has 3 rings (SSSR count). The largest absolute Gasteiger partial charge is 0.506 e. The van der Waals surface area contributed by atoms with Crippen molar-refractivity contribution in [2.24, 2.45) is 0 Å². The number of fused-ring (bicyclic) bond motifs is 1. The zero-order valence-corrected chi connectivity index (χ0v) is 15.6. The molecule has 7 heteroatoms. The van der Waals surface area contributed by atoms with Gasteiger partial charge >= 0.3 is 0 Å². The Hall–Kier alpha value is -2.08. The van der Waals surface area contributed by atoms with E-state index < -0.39 is 0 Å². The number of benzene rings is 2. The van der Waals surface area contributed by atoms with Gasteiger partial charge < -0.3 is 15.3 Å². The Labute approximate surface area is 158 Å². The number of nitrogens with one attached hydrogen (secondary N) is 1. The van der Waals surface area contributed by atoms with Gasteiger partial charge in [-0.05, 0) is 44.4 Å². The zero-order valence-electron chi connectivity index (χ0n) is 14.0. The molecule has 3 aromatic rings. The van der Waals surface area contributed by atoms with E-state index in [9.17, 15) is 5.11 Å². The third-order valence-corrected chi connectivity index (χ3v) is 3.88. The summed E-state index contributed by atoms with van der Waals surface area (Å²) in [5, 5.41) is 14.7. The lowest BCUT2D eigenvalue weighted by Gasteiger charge is -2.13. The van der Waals surface area contributed by atoms with Gasteiger partial charge in [-0.1, -0.05) is 23.7 Å². The Morgan fingerprint density at radius 3 is 2.64 bits per heavy atom. The van der Waals surface area contributed by atoms with E-state index in [1.807, 2.05) is 38.4 Å². The maximum atomic E-state index is 10.0. The van der Waals surface area contributed by atoms with E-state index in [0.717, 1.165) is 29.7 Å². The Bertz CT molecular complexity index is 871. The van der Waals surface area contributed by atoms with Crippen LogP contribution in [-0.4, -0.2) is 40.6 Å². The fourth-order valence-corrected chi connectivity index (χ4v) is 2.56. The number of phenolic OH excluding ortho intramolecular Hbond substituents is 1. The molecular weight excluding hydrogens is 359 g/mol. The van der Waals surface area contributed by atoms with Crippen molar-refractivity contribution in [1.82, 2.24) is 14.9 Å². The normalized spacial score (nSPS) is 10.7. The molecule has 132 valence electrons. The number of likely N-dealkylation sites (N-methyl/N-ethyl adjacent to an activating group) is 1. The molecule has 0 amide bonds. The predicted octanol–water partition coefficient (Wildman–Crippen LogP) is 4.26. The van der Waals surface area contributed by atoms with Crippen LogP contribution >= 0.6 is 24.0 Å². The van der Waals surface area contributed by atoms with Crippen molar-refractivity contribution >= 4 is 46.4 Å². The lowest BCUT2D eigenvalue weighted by Crippen LogP contribution is -2.16. The van der Waals surface area contributed by atoms with Crippen LogP contribution in [0.4, 0.5) is 11.5 Å². The van der Waals surface area contributed by atoms with Crippen molar-refractivity contribution in [2.45, 2.75) is 6.42 Å². The summed E-state index contributed by atoms with van der Waals surface area (Å²) in [5.41, 5.74) is 1.38. The molecule has 0 bridgehead atoms.